The normalized spacial score (nSPS) is 30.6. The van der Waals surface area contributed by atoms with Crippen LogP contribution in [0.25, 0.3) is 0 Å². The summed E-state index contributed by atoms with van der Waals surface area (Å²) >= 11 is 0. The molecule has 1 aliphatic carbocycles. The van der Waals surface area contributed by atoms with Crippen molar-refractivity contribution in [1.82, 2.24) is 4.90 Å². The lowest BCUT2D eigenvalue weighted by molar-refractivity contribution is 0.276. The molecule has 0 N–H and O–H groups in total. The van der Waals surface area contributed by atoms with Crippen molar-refractivity contribution in [2.24, 2.45) is 0 Å². The van der Waals surface area contributed by atoms with E-state index in [1.165, 1.54) is 37.7 Å². The monoisotopic (exact) mass is 256 g/mol. The molecule has 0 amide bonds. The Bertz CT molecular complexity index is 471. The second kappa shape index (κ2) is 5.22. The number of nitrogens with zero attached hydrogens (tertiary/aromatic N) is 2. The van der Waals surface area contributed by atoms with E-state index in [1.54, 1.807) is 7.11 Å². The highest BCUT2D eigenvalue weighted by atomic mass is 16.5. The molecule has 1 aromatic carbocycles. The van der Waals surface area contributed by atoms with Gasteiger partial charge < -0.3 is 4.74 Å². The molecular weight excluding hydrogens is 236 g/mol. The van der Waals surface area contributed by atoms with Gasteiger partial charge in [0.2, 0.25) is 0 Å². The van der Waals surface area contributed by atoms with Crippen molar-refractivity contribution < 1.29 is 4.74 Å². The van der Waals surface area contributed by atoms with Crippen LogP contribution in [0, 0.1) is 11.3 Å². The summed E-state index contributed by atoms with van der Waals surface area (Å²) in [4.78, 5) is 2.40. The van der Waals surface area contributed by atoms with E-state index in [0.29, 0.717) is 12.1 Å². The SMILES string of the molecule is COc1ccc(C2C(C#N)N2C2CCCCC2)cc1. The molecule has 3 atom stereocenters. The van der Waals surface area contributed by atoms with Gasteiger partial charge in [-0.1, -0.05) is 31.4 Å². The smallest absolute Gasteiger partial charge is 0.119 e. The van der Waals surface area contributed by atoms with Crippen molar-refractivity contribution in [2.75, 3.05) is 7.11 Å². The Kier molecular flexibility index (Phi) is 3.44. The van der Waals surface area contributed by atoms with Crippen molar-refractivity contribution in [2.45, 2.75) is 50.2 Å². The third-order valence-electron chi connectivity index (χ3n) is 4.44. The quantitative estimate of drug-likeness (QED) is 0.779. The molecule has 1 heterocycles. The molecule has 3 nitrogen and oxygen atoms in total. The summed E-state index contributed by atoms with van der Waals surface area (Å²) in [6.07, 6.45) is 6.49. The molecule has 2 aliphatic rings. The number of rotatable bonds is 3. The number of hydrogen-bond donors (Lipinski definition) is 0. The Labute approximate surface area is 114 Å². The molecule has 100 valence electrons. The Morgan fingerprint density at radius 3 is 2.42 bits per heavy atom. The topological polar surface area (TPSA) is 36.0 Å². The van der Waals surface area contributed by atoms with E-state index < -0.39 is 0 Å². The van der Waals surface area contributed by atoms with Crippen molar-refractivity contribution in [3.05, 3.63) is 29.8 Å². The standard InChI is InChI=1S/C16H20N2O/c1-19-14-9-7-12(8-10-14)16-15(11-17)18(16)13-5-3-2-4-6-13/h7-10,13,15-16H,2-6H2,1H3. The first-order chi connectivity index (χ1) is 9.35. The van der Waals surface area contributed by atoms with Gasteiger partial charge in [0.15, 0.2) is 0 Å². The first kappa shape index (κ1) is 12.5. The Hall–Kier alpha value is -1.53. The minimum absolute atomic E-state index is 0.0801. The van der Waals surface area contributed by atoms with E-state index >= 15 is 0 Å². The number of benzene rings is 1. The van der Waals surface area contributed by atoms with Crippen LogP contribution in [0.3, 0.4) is 0 Å². The van der Waals surface area contributed by atoms with Crippen LogP contribution >= 0.6 is 0 Å². The van der Waals surface area contributed by atoms with Crippen molar-refractivity contribution in [3.8, 4) is 11.8 Å². The maximum atomic E-state index is 9.32. The molecule has 1 saturated carbocycles. The van der Waals surface area contributed by atoms with Gasteiger partial charge in [-0.05, 0) is 30.5 Å². The lowest BCUT2D eigenvalue weighted by Crippen LogP contribution is -2.23. The maximum absolute atomic E-state index is 9.32. The molecule has 3 rings (SSSR count). The fourth-order valence-electron chi connectivity index (χ4n) is 3.37. The van der Waals surface area contributed by atoms with Crippen LogP contribution in [0.4, 0.5) is 0 Å². The Morgan fingerprint density at radius 2 is 1.84 bits per heavy atom. The zero-order valence-electron chi connectivity index (χ0n) is 11.4. The largest absolute Gasteiger partial charge is 0.497 e. The van der Waals surface area contributed by atoms with Gasteiger partial charge in [0.1, 0.15) is 11.8 Å². The van der Waals surface area contributed by atoms with E-state index in [4.69, 9.17) is 4.74 Å². The zero-order chi connectivity index (χ0) is 13.2. The molecule has 1 aromatic rings. The molecule has 1 saturated heterocycles. The molecule has 2 fully saturated rings. The molecule has 1 aliphatic heterocycles. The van der Waals surface area contributed by atoms with Gasteiger partial charge in [-0.25, -0.2) is 0 Å². The average Bonchev–Trinajstić information content (AvgIpc) is 3.22. The average molecular weight is 256 g/mol. The number of hydrogen-bond acceptors (Lipinski definition) is 3. The van der Waals surface area contributed by atoms with Gasteiger partial charge in [0.25, 0.3) is 0 Å². The molecule has 19 heavy (non-hydrogen) atoms. The van der Waals surface area contributed by atoms with Crippen LogP contribution in [0.2, 0.25) is 0 Å². The number of methoxy groups -OCH3 is 1. The summed E-state index contributed by atoms with van der Waals surface area (Å²) < 4.78 is 5.19. The summed E-state index contributed by atoms with van der Waals surface area (Å²) in [5, 5.41) is 9.32. The highest BCUT2D eigenvalue weighted by molar-refractivity contribution is 5.36. The Morgan fingerprint density at radius 1 is 1.16 bits per heavy atom. The summed E-state index contributed by atoms with van der Waals surface area (Å²) in [7, 11) is 1.68. The van der Waals surface area contributed by atoms with Gasteiger partial charge in [0.05, 0.1) is 19.2 Å². The lowest BCUT2D eigenvalue weighted by atomic mass is 9.95. The predicted octanol–water partition coefficient (Wildman–Crippen LogP) is 3.28. The molecule has 0 aromatic heterocycles. The fourth-order valence-corrected chi connectivity index (χ4v) is 3.37. The van der Waals surface area contributed by atoms with Gasteiger partial charge in [0, 0.05) is 6.04 Å². The summed E-state index contributed by atoms with van der Waals surface area (Å²) in [5.41, 5.74) is 1.25. The molecule has 0 radical (unpaired) electrons. The van der Waals surface area contributed by atoms with E-state index in [0.717, 1.165) is 5.75 Å². The van der Waals surface area contributed by atoms with Gasteiger partial charge in [-0.3, -0.25) is 4.90 Å². The molecule has 3 heteroatoms. The lowest BCUT2D eigenvalue weighted by Gasteiger charge is -2.23. The van der Waals surface area contributed by atoms with E-state index in [1.807, 2.05) is 12.1 Å². The van der Waals surface area contributed by atoms with Crippen LogP contribution in [-0.4, -0.2) is 24.1 Å². The second-order valence-corrected chi connectivity index (χ2v) is 5.53. The van der Waals surface area contributed by atoms with Crippen LogP contribution in [0.1, 0.15) is 43.7 Å². The summed E-state index contributed by atoms with van der Waals surface area (Å²) in [5.74, 6) is 0.877. The minimum Gasteiger partial charge on any atom is -0.497 e. The highest BCUT2D eigenvalue weighted by Crippen LogP contribution is 2.47. The van der Waals surface area contributed by atoms with E-state index in [9.17, 15) is 5.26 Å². The van der Waals surface area contributed by atoms with Crippen LogP contribution < -0.4 is 4.74 Å². The molecule has 0 spiro atoms. The molecule has 3 unspecified atom stereocenters. The second-order valence-electron chi connectivity index (χ2n) is 5.53. The van der Waals surface area contributed by atoms with Crippen LogP contribution in [-0.2, 0) is 0 Å². The van der Waals surface area contributed by atoms with Gasteiger partial charge in [-0.15, -0.1) is 0 Å². The van der Waals surface area contributed by atoms with Gasteiger partial charge >= 0.3 is 0 Å². The summed E-state index contributed by atoms with van der Waals surface area (Å²) in [6.45, 7) is 0. The van der Waals surface area contributed by atoms with Crippen LogP contribution in [0.5, 0.6) is 5.75 Å². The minimum atomic E-state index is 0.0801. The first-order valence-corrected chi connectivity index (χ1v) is 7.16. The summed E-state index contributed by atoms with van der Waals surface area (Å²) in [6, 6.07) is 11.6. The van der Waals surface area contributed by atoms with Crippen molar-refractivity contribution in [1.29, 1.82) is 5.26 Å². The van der Waals surface area contributed by atoms with Crippen LogP contribution in [0.15, 0.2) is 24.3 Å². The third kappa shape index (κ3) is 2.33. The first-order valence-electron chi connectivity index (χ1n) is 7.16. The maximum Gasteiger partial charge on any atom is 0.119 e. The number of ether oxygens (including phenoxy) is 1. The third-order valence-corrected chi connectivity index (χ3v) is 4.44. The van der Waals surface area contributed by atoms with Gasteiger partial charge in [-0.2, -0.15) is 5.26 Å². The fraction of sp³-hybridized carbons (Fsp3) is 0.562. The van der Waals surface area contributed by atoms with E-state index in [2.05, 4.69) is 23.1 Å². The van der Waals surface area contributed by atoms with Crippen molar-refractivity contribution >= 4 is 0 Å². The molecular formula is C16H20N2O. The van der Waals surface area contributed by atoms with E-state index in [-0.39, 0.29) is 6.04 Å². The zero-order valence-corrected chi connectivity index (χ0v) is 11.4. The highest BCUT2D eigenvalue weighted by Gasteiger charge is 2.52. The predicted molar refractivity (Wildman–Crippen MR) is 73.8 cm³/mol. The Balaban J connectivity index is 1.74. The number of nitriles is 1. The molecule has 0 bridgehead atoms. The van der Waals surface area contributed by atoms with Crippen molar-refractivity contribution in [3.63, 3.8) is 0 Å².